The van der Waals surface area contributed by atoms with Crippen molar-refractivity contribution in [3.63, 3.8) is 0 Å². The van der Waals surface area contributed by atoms with Gasteiger partial charge in [-0.3, -0.25) is 0 Å². The van der Waals surface area contributed by atoms with Gasteiger partial charge in [-0.05, 0) is 43.2 Å². The highest BCUT2D eigenvalue weighted by molar-refractivity contribution is 5.53. The molecular weight excluding hydrogens is 246 g/mol. The van der Waals surface area contributed by atoms with Gasteiger partial charge < -0.3 is 9.88 Å². The summed E-state index contributed by atoms with van der Waals surface area (Å²) in [5.74, 6) is 2.56. The molecule has 0 radical (unpaired) electrons. The molecule has 1 fully saturated rings. The Labute approximate surface area is 121 Å². The molecule has 1 heterocycles. The summed E-state index contributed by atoms with van der Waals surface area (Å²) in [6, 6.07) is 10.8. The summed E-state index contributed by atoms with van der Waals surface area (Å²) in [5, 5.41) is 3.43. The fraction of sp³-hybridized carbons (Fsp3) is 0.471. The number of rotatable bonds is 3. The lowest BCUT2D eigenvalue weighted by Crippen LogP contribution is -2.23. The number of benzene rings is 1. The minimum atomic E-state index is 0.572. The lowest BCUT2D eigenvalue weighted by atomic mass is 9.80. The Morgan fingerprint density at radius 3 is 2.45 bits per heavy atom. The quantitative estimate of drug-likeness (QED) is 0.880. The van der Waals surface area contributed by atoms with Gasteiger partial charge in [-0.15, -0.1) is 0 Å². The van der Waals surface area contributed by atoms with Crippen LogP contribution in [0.3, 0.4) is 0 Å². The van der Waals surface area contributed by atoms with E-state index in [4.69, 9.17) is 0 Å². The third-order valence-electron chi connectivity index (χ3n) is 4.25. The van der Waals surface area contributed by atoms with E-state index in [-0.39, 0.29) is 0 Å². The molecule has 0 saturated heterocycles. The van der Waals surface area contributed by atoms with E-state index in [1.165, 1.54) is 19.3 Å². The molecule has 2 aromatic rings. The maximum absolute atomic E-state index is 4.49. The van der Waals surface area contributed by atoms with Crippen molar-refractivity contribution in [2.24, 2.45) is 11.8 Å². The van der Waals surface area contributed by atoms with Crippen molar-refractivity contribution in [2.75, 3.05) is 5.32 Å². The van der Waals surface area contributed by atoms with E-state index in [1.54, 1.807) is 0 Å². The topological polar surface area (TPSA) is 29.9 Å². The smallest absolute Gasteiger partial charge is 0.207 e. The lowest BCUT2D eigenvalue weighted by Gasteiger charge is -2.33. The van der Waals surface area contributed by atoms with Crippen molar-refractivity contribution >= 4 is 11.6 Å². The molecular formula is C17H23N3. The van der Waals surface area contributed by atoms with Gasteiger partial charge in [0, 0.05) is 24.1 Å². The summed E-state index contributed by atoms with van der Waals surface area (Å²) in [6.07, 6.45) is 7.87. The Morgan fingerprint density at radius 1 is 1.05 bits per heavy atom. The first-order valence-electron chi connectivity index (χ1n) is 7.57. The van der Waals surface area contributed by atoms with Crippen LogP contribution in [0.15, 0.2) is 42.7 Å². The van der Waals surface area contributed by atoms with Crippen molar-refractivity contribution in [1.29, 1.82) is 0 Å². The Balaban J connectivity index is 1.79. The van der Waals surface area contributed by atoms with Crippen molar-refractivity contribution < 1.29 is 0 Å². The van der Waals surface area contributed by atoms with Crippen LogP contribution in [0.1, 0.15) is 39.2 Å². The van der Waals surface area contributed by atoms with Gasteiger partial charge in [0.25, 0.3) is 0 Å². The van der Waals surface area contributed by atoms with Crippen molar-refractivity contribution in [2.45, 2.75) is 39.2 Å². The maximum Gasteiger partial charge on any atom is 0.207 e. The van der Waals surface area contributed by atoms with E-state index >= 15 is 0 Å². The highest BCUT2D eigenvalue weighted by Gasteiger charge is 2.26. The van der Waals surface area contributed by atoms with E-state index < -0.39 is 0 Å². The molecule has 2 atom stereocenters. The summed E-state index contributed by atoms with van der Waals surface area (Å²) in [7, 11) is 0. The van der Waals surface area contributed by atoms with Gasteiger partial charge in [0.2, 0.25) is 5.95 Å². The molecule has 1 saturated carbocycles. The molecule has 3 rings (SSSR count). The molecule has 1 aromatic heterocycles. The van der Waals surface area contributed by atoms with Crippen LogP contribution in [0.2, 0.25) is 0 Å². The number of hydrogen-bond acceptors (Lipinski definition) is 2. The monoisotopic (exact) mass is 269 g/mol. The molecule has 0 amide bonds. The lowest BCUT2D eigenvalue weighted by molar-refractivity contribution is 0.223. The summed E-state index contributed by atoms with van der Waals surface area (Å²) in [6.45, 7) is 4.73. The number of aromatic nitrogens is 2. The molecule has 1 aromatic carbocycles. The molecule has 1 aliphatic carbocycles. The predicted octanol–water partition coefficient (Wildman–Crippen LogP) is 4.62. The standard InChI is InChI=1S/C17H23N3/c1-13-10-14(2)12-16(11-13)20-9-8-18-17(20)19-15-6-4-3-5-7-15/h3-9,13-14,16H,10-12H2,1-2H3,(H,18,19). The van der Waals surface area contributed by atoms with Crippen LogP contribution < -0.4 is 5.32 Å². The first-order chi connectivity index (χ1) is 9.72. The molecule has 1 aliphatic rings. The van der Waals surface area contributed by atoms with Gasteiger partial charge >= 0.3 is 0 Å². The summed E-state index contributed by atoms with van der Waals surface area (Å²) < 4.78 is 2.32. The van der Waals surface area contributed by atoms with Crippen LogP contribution in [0.4, 0.5) is 11.6 Å². The zero-order valence-corrected chi connectivity index (χ0v) is 12.3. The molecule has 20 heavy (non-hydrogen) atoms. The van der Waals surface area contributed by atoms with Crippen molar-refractivity contribution in [3.05, 3.63) is 42.7 Å². The molecule has 106 valence electrons. The third-order valence-corrected chi connectivity index (χ3v) is 4.25. The molecule has 0 spiro atoms. The van der Waals surface area contributed by atoms with Crippen LogP contribution in [0, 0.1) is 11.8 Å². The van der Waals surface area contributed by atoms with Gasteiger partial charge in [-0.25, -0.2) is 4.98 Å². The van der Waals surface area contributed by atoms with Gasteiger partial charge in [0.15, 0.2) is 0 Å². The second-order valence-corrected chi connectivity index (χ2v) is 6.22. The first-order valence-corrected chi connectivity index (χ1v) is 7.57. The van der Waals surface area contributed by atoms with Crippen molar-refractivity contribution in [1.82, 2.24) is 9.55 Å². The largest absolute Gasteiger partial charge is 0.326 e. The third kappa shape index (κ3) is 2.87. The molecule has 3 nitrogen and oxygen atoms in total. The minimum Gasteiger partial charge on any atom is -0.326 e. The highest BCUT2D eigenvalue weighted by atomic mass is 15.2. The number of para-hydroxylation sites is 1. The first kappa shape index (κ1) is 13.2. The Bertz CT molecular complexity index is 536. The molecule has 1 N–H and O–H groups in total. The minimum absolute atomic E-state index is 0.572. The average molecular weight is 269 g/mol. The fourth-order valence-corrected chi connectivity index (χ4v) is 3.49. The van der Waals surface area contributed by atoms with Crippen LogP contribution in [0.25, 0.3) is 0 Å². The zero-order chi connectivity index (χ0) is 13.9. The van der Waals surface area contributed by atoms with E-state index in [9.17, 15) is 0 Å². The number of hydrogen-bond donors (Lipinski definition) is 1. The Kier molecular flexibility index (Phi) is 3.77. The summed E-state index contributed by atoms with van der Waals surface area (Å²) in [4.78, 5) is 4.49. The van der Waals surface area contributed by atoms with Crippen molar-refractivity contribution in [3.8, 4) is 0 Å². The molecule has 0 aliphatic heterocycles. The molecule has 3 heteroatoms. The SMILES string of the molecule is CC1CC(C)CC(n2ccnc2Nc2ccccc2)C1. The van der Waals surface area contributed by atoms with Gasteiger partial charge in [-0.2, -0.15) is 0 Å². The van der Waals surface area contributed by atoms with Crippen LogP contribution in [-0.2, 0) is 0 Å². The average Bonchev–Trinajstić information content (AvgIpc) is 2.87. The predicted molar refractivity (Wildman–Crippen MR) is 83.2 cm³/mol. The number of nitrogens with zero attached hydrogens (tertiary/aromatic N) is 2. The second-order valence-electron chi connectivity index (χ2n) is 6.22. The number of anilines is 2. The van der Waals surface area contributed by atoms with E-state index in [0.717, 1.165) is 23.5 Å². The van der Waals surface area contributed by atoms with Gasteiger partial charge in [-0.1, -0.05) is 32.0 Å². The maximum atomic E-state index is 4.49. The number of imidazole rings is 1. The molecule has 2 unspecified atom stereocenters. The van der Waals surface area contributed by atoms with Gasteiger partial charge in [0.05, 0.1) is 0 Å². The van der Waals surface area contributed by atoms with Crippen LogP contribution in [-0.4, -0.2) is 9.55 Å². The van der Waals surface area contributed by atoms with E-state index in [0.29, 0.717) is 6.04 Å². The highest BCUT2D eigenvalue weighted by Crippen LogP contribution is 2.37. The van der Waals surface area contributed by atoms with Gasteiger partial charge in [0.1, 0.15) is 0 Å². The summed E-state index contributed by atoms with van der Waals surface area (Å²) >= 11 is 0. The fourth-order valence-electron chi connectivity index (χ4n) is 3.49. The van der Waals surface area contributed by atoms with Crippen LogP contribution >= 0.6 is 0 Å². The van der Waals surface area contributed by atoms with Crippen LogP contribution in [0.5, 0.6) is 0 Å². The number of nitrogens with one attached hydrogen (secondary N) is 1. The second kappa shape index (κ2) is 5.70. The summed E-state index contributed by atoms with van der Waals surface area (Å²) in [5.41, 5.74) is 1.09. The Hall–Kier alpha value is -1.77. The Morgan fingerprint density at radius 2 is 1.75 bits per heavy atom. The van der Waals surface area contributed by atoms with E-state index in [2.05, 4.69) is 47.0 Å². The van der Waals surface area contributed by atoms with E-state index in [1.807, 2.05) is 24.4 Å². The zero-order valence-electron chi connectivity index (χ0n) is 12.3. The normalized spacial score (nSPS) is 26.4. The molecule has 0 bridgehead atoms.